The lowest BCUT2D eigenvalue weighted by Crippen LogP contribution is -2.17. The van der Waals surface area contributed by atoms with Gasteiger partial charge in [0.15, 0.2) is 0 Å². The number of nitrogens with zero attached hydrogens (tertiary/aromatic N) is 1. The molecular weight excluding hydrogens is 377 g/mol. The van der Waals surface area contributed by atoms with Crippen LogP contribution in [0.25, 0.3) is 10.6 Å². The molecule has 0 radical (unpaired) electrons. The summed E-state index contributed by atoms with van der Waals surface area (Å²) >= 11 is 1.45. The first-order valence-electron chi connectivity index (χ1n) is 7.95. The molecule has 1 amide bonds. The Bertz CT molecular complexity index is 919. The summed E-state index contributed by atoms with van der Waals surface area (Å²) in [5.41, 5.74) is 3.15. The zero-order chi connectivity index (χ0) is 19.4. The highest BCUT2D eigenvalue weighted by atomic mass is 32.1. The SMILES string of the molecule is Cc1ccc(-c2nc(CC(=O)Nc3ccc(OC(F)(F)F)cc3)cs2)cc1. The second-order valence-corrected chi connectivity index (χ2v) is 6.67. The van der Waals surface area contributed by atoms with Gasteiger partial charge in [-0.05, 0) is 31.2 Å². The van der Waals surface area contributed by atoms with E-state index in [1.54, 1.807) is 0 Å². The Balaban J connectivity index is 1.59. The average molecular weight is 392 g/mol. The molecule has 140 valence electrons. The predicted molar refractivity (Wildman–Crippen MR) is 97.7 cm³/mol. The maximum atomic E-state index is 12.1. The maximum Gasteiger partial charge on any atom is 0.573 e. The summed E-state index contributed by atoms with van der Waals surface area (Å²) in [6, 6.07) is 12.9. The summed E-state index contributed by atoms with van der Waals surface area (Å²) in [5, 5.41) is 5.27. The summed E-state index contributed by atoms with van der Waals surface area (Å²) in [4.78, 5) is 16.6. The van der Waals surface area contributed by atoms with Crippen LogP contribution in [-0.2, 0) is 11.2 Å². The van der Waals surface area contributed by atoms with Crippen molar-refractivity contribution in [3.05, 3.63) is 65.2 Å². The van der Waals surface area contributed by atoms with Gasteiger partial charge in [0.2, 0.25) is 5.91 Å². The number of carbonyl (C=O) groups excluding carboxylic acids is 1. The molecule has 0 aliphatic heterocycles. The molecule has 4 nitrogen and oxygen atoms in total. The number of benzene rings is 2. The van der Waals surface area contributed by atoms with Crippen molar-refractivity contribution in [2.75, 3.05) is 5.32 Å². The van der Waals surface area contributed by atoms with Crippen molar-refractivity contribution in [2.24, 2.45) is 0 Å². The van der Waals surface area contributed by atoms with Crippen molar-refractivity contribution in [1.29, 1.82) is 0 Å². The van der Waals surface area contributed by atoms with Crippen molar-refractivity contribution in [1.82, 2.24) is 4.98 Å². The number of rotatable bonds is 5. The van der Waals surface area contributed by atoms with E-state index in [9.17, 15) is 18.0 Å². The quantitative estimate of drug-likeness (QED) is 0.649. The van der Waals surface area contributed by atoms with Crippen LogP contribution < -0.4 is 10.1 Å². The summed E-state index contributed by atoms with van der Waals surface area (Å²) in [6.07, 6.45) is -4.67. The summed E-state index contributed by atoms with van der Waals surface area (Å²) < 4.78 is 40.2. The van der Waals surface area contributed by atoms with Crippen LogP contribution >= 0.6 is 11.3 Å². The number of halogens is 3. The Morgan fingerprint density at radius 2 is 1.78 bits per heavy atom. The molecule has 3 rings (SSSR count). The number of alkyl halides is 3. The van der Waals surface area contributed by atoms with Crippen LogP contribution in [0.15, 0.2) is 53.9 Å². The number of nitrogens with one attached hydrogen (secondary N) is 1. The molecule has 0 unspecified atom stereocenters. The first-order chi connectivity index (χ1) is 12.8. The van der Waals surface area contributed by atoms with Crippen LogP contribution in [-0.4, -0.2) is 17.3 Å². The van der Waals surface area contributed by atoms with Crippen LogP contribution in [0.4, 0.5) is 18.9 Å². The molecule has 27 heavy (non-hydrogen) atoms. The molecule has 0 aliphatic carbocycles. The molecule has 0 saturated carbocycles. The normalized spacial score (nSPS) is 11.3. The molecule has 3 aromatic rings. The molecule has 0 atom stereocenters. The Hall–Kier alpha value is -2.87. The predicted octanol–water partition coefficient (Wildman–Crippen LogP) is 5.20. The molecule has 1 aromatic heterocycles. The van der Waals surface area contributed by atoms with Gasteiger partial charge in [-0.25, -0.2) is 4.98 Å². The van der Waals surface area contributed by atoms with Gasteiger partial charge in [-0.3, -0.25) is 4.79 Å². The zero-order valence-electron chi connectivity index (χ0n) is 14.2. The fourth-order valence-corrected chi connectivity index (χ4v) is 3.15. The highest BCUT2D eigenvalue weighted by Crippen LogP contribution is 2.25. The lowest BCUT2D eigenvalue weighted by molar-refractivity contribution is -0.274. The number of aryl methyl sites for hydroxylation is 1. The lowest BCUT2D eigenvalue weighted by Gasteiger charge is -2.09. The van der Waals surface area contributed by atoms with E-state index in [2.05, 4.69) is 15.0 Å². The van der Waals surface area contributed by atoms with Gasteiger partial charge < -0.3 is 10.1 Å². The van der Waals surface area contributed by atoms with Crippen molar-refractivity contribution in [3.63, 3.8) is 0 Å². The average Bonchev–Trinajstić information content (AvgIpc) is 3.04. The first-order valence-corrected chi connectivity index (χ1v) is 8.83. The molecular formula is C19H15F3N2O2S. The second-order valence-electron chi connectivity index (χ2n) is 5.81. The Kier molecular flexibility index (Phi) is 5.46. The van der Waals surface area contributed by atoms with Crippen molar-refractivity contribution in [3.8, 4) is 16.3 Å². The first kappa shape index (κ1) is 18.9. The third kappa shape index (κ3) is 5.55. The zero-order valence-corrected chi connectivity index (χ0v) is 15.0. The summed E-state index contributed by atoms with van der Waals surface area (Å²) in [6.45, 7) is 2.00. The highest BCUT2D eigenvalue weighted by Gasteiger charge is 2.30. The minimum absolute atomic E-state index is 0.0726. The topological polar surface area (TPSA) is 51.2 Å². The minimum atomic E-state index is -4.75. The van der Waals surface area contributed by atoms with E-state index in [4.69, 9.17) is 0 Å². The summed E-state index contributed by atoms with van der Waals surface area (Å²) in [7, 11) is 0. The second kappa shape index (κ2) is 7.79. The van der Waals surface area contributed by atoms with E-state index in [-0.39, 0.29) is 18.1 Å². The molecule has 0 fully saturated rings. The smallest absolute Gasteiger partial charge is 0.406 e. The van der Waals surface area contributed by atoms with Gasteiger partial charge in [-0.15, -0.1) is 24.5 Å². The Morgan fingerprint density at radius 3 is 2.41 bits per heavy atom. The van der Waals surface area contributed by atoms with Gasteiger partial charge in [0.1, 0.15) is 10.8 Å². The van der Waals surface area contributed by atoms with E-state index in [0.717, 1.165) is 28.3 Å². The van der Waals surface area contributed by atoms with Gasteiger partial charge in [-0.1, -0.05) is 29.8 Å². The number of carbonyl (C=O) groups is 1. The summed E-state index contributed by atoms with van der Waals surface area (Å²) in [5.74, 6) is -0.650. The van der Waals surface area contributed by atoms with Gasteiger partial charge >= 0.3 is 6.36 Å². The van der Waals surface area contributed by atoms with Crippen molar-refractivity contribution < 1.29 is 22.7 Å². The molecule has 1 heterocycles. The van der Waals surface area contributed by atoms with Crippen molar-refractivity contribution >= 4 is 22.9 Å². The Labute approximate surface area is 157 Å². The van der Waals surface area contributed by atoms with E-state index in [1.807, 2.05) is 36.6 Å². The fraction of sp³-hybridized carbons (Fsp3) is 0.158. The largest absolute Gasteiger partial charge is 0.573 e. The molecule has 0 saturated heterocycles. The minimum Gasteiger partial charge on any atom is -0.406 e. The number of aromatic nitrogens is 1. The van der Waals surface area contributed by atoms with E-state index in [1.165, 1.54) is 23.5 Å². The number of amides is 1. The number of anilines is 1. The Morgan fingerprint density at radius 1 is 1.11 bits per heavy atom. The monoisotopic (exact) mass is 392 g/mol. The van der Waals surface area contributed by atoms with Gasteiger partial charge in [0.25, 0.3) is 0 Å². The highest BCUT2D eigenvalue weighted by molar-refractivity contribution is 7.13. The molecule has 0 bridgehead atoms. The van der Waals surface area contributed by atoms with Crippen LogP contribution in [0, 0.1) is 6.92 Å². The molecule has 0 spiro atoms. The fourth-order valence-electron chi connectivity index (χ4n) is 2.33. The number of hydrogen-bond donors (Lipinski definition) is 1. The van der Waals surface area contributed by atoms with E-state index in [0.29, 0.717) is 11.4 Å². The van der Waals surface area contributed by atoms with Crippen LogP contribution in [0.5, 0.6) is 5.75 Å². The van der Waals surface area contributed by atoms with E-state index >= 15 is 0 Å². The van der Waals surface area contributed by atoms with E-state index < -0.39 is 6.36 Å². The third-order valence-corrected chi connectivity index (χ3v) is 4.50. The van der Waals surface area contributed by atoms with Crippen LogP contribution in [0.3, 0.4) is 0 Å². The number of thiazole rings is 1. The molecule has 8 heteroatoms. The number of hydrogen-bond acceptors (Lipinski definition) is 4. The third-order valence-electron chi connectivity index (χ3n) is 3.56. The van der Waals surface area contributed by atoms with Gasteiger partial charge in [-0.2, -0.15) is 0 Å². The van der Waals surface area contributed by atoms with Crippen LogP contribution in [0.1, 0.15) is 11.3 Å². The van der Waals surface area contributed by atoms with Crippen molar-refractivity contribution in [2.45, 2.75) is 19.7 Å². The molecule has 2 aromatic carbocycles. The van der Waals surface area contributed by atoms with Gasteiger partial charge in [0.05, 0.1) is 12.1 Å². The molecule has 0 aliphatic rings. The lowest BCUT2D eigenvalue weighted by atomic mass is 10.2. The maximum absolute atomic E-state index is 12.1. The van der Waals surface area contributed by atoms with Gasteiger partial charge in [0, 0.05) is 16.6 Å². The van der Waals surface area contributed by atoms with Crippen LogP contribution in [0.2, 0.25) is 0 Å². The standard InChI is InChI=1S/C19H15F3N2O2S/c1-12-2-4-13(5-3-12)18-24-15(11-27-18)10-17(25)23-14-6-8-16(9-7-14)26-19(20,21)22/h2-9,11H,10H2,1H3,(H,23,25). The molecule has 1 N–H and O–H groups in total. The number of ether oxygens (including phenoxy) is 1.